The summed E-state index contributed by atoms with van der Waals surface area (Å²) in [5.74, 6) is 0.507. The molecule has 2 rings (SSSR count). The number of thioether (sulfide) groups is 1. The van der Waals surface area contributed by atoms with Crippen LogP contribution in [0.1, 0.15) is 32.1 Å². The third kappa shape index (κ3) is 3.65. The first-order chi connectivity index (χ1) is 9.71. The Morgan fingerprint density at radius 2 is 1.65 bits per heavy atom. The van der Waals surface area contributed by atoms with Gasteiger partial charge in [-0.2, -0.15) is 21.7 Å². The van der Waals surface area contributed by atoms with E-state index in [4.69, 9.17) is 9.47 Å². The summed E-state index contributed by atoms with van der Waals surface area (Å²) in [5, 5.41) is 3.31. The quantitative estimate of drug-likeness (QED) is 0.864. The molecular formula is C13H22N4O2S. The lowest BCUT2D eigenvalue weighted by molar-refractivity contribution is 0.340. The largest absolute Gasteiger partial charge is 0.467 e. The van der Waals surface area contributed by atoms with Gasteiger partial charge in [0.15, 0.2) is 0 Å². The van der Waals surface area contributed by atoms with Crippen molar-refractivity contribution in [2.75, 3.05) is 32.3 Å². The maximum atomic E-state index is 5.05. The van der Waals surface area contributed by atoms with Crippen molar-refractivity contribution in [2.24, 2.45) is 0 Å². The Bertz CT molecular complexity index is 416. The van der Waals surface area contributed by atoms with Crippen molar-refractivity contribution < 1.29 is 9.47 Å². The second-order valence-electron chi connectivity index (χ2n) is 4.93. The van der Waals surface area contributed by atoms with Gasteiger partial charge in [-0.1, -0.05) is 19.3 Å². The Kier molecular flexibility index (Phi) is 5.28. The second kappa shape index (κ2) is 6.97. The number of anilines is 1. The van der Waals surface area contributed by atoms with Crippen LogP contribution in [0.5, 0.6) is 12.0 Å². The standard InChI is InChI=1S/C13H22N4O2S/c1-18-11-15-10(16-12(17-11)19-2)14-9-13(20-3)7-5-4-6-8-13/h4-9H2,1-3H3,(H,14,15,16,17). The molecule has 0 spiro atoms. The van der Waals surface area contributed by atoms with E-state index in [0.717, 1.165) is 6.54 Å². The molecule has 1 aliphatic carbocycles. The van der Waals surface area contributed by atoms with Gasteiger partial charge in [-0.05, 0) is 19.1 Å². The highest BCUT2D eigenvalue weighted by Gasteiger charge is 2.31. The molecule has 0 aliphatic heterocycles. The summed E-state index contributed by atoms with van der Waals surface area (Å²) in [6.45, 7) is 0.852. The first kappa shape index (κ1) is 15.2. The molecule has 1 N–H and O–H groups in total. The van der Waals surface area contributed by atoms with Gasteiger partial charge in [0.2, 0.25) is 5.95 Å². The first-order valence-electron chi connectivity index (χ1n) is 6.84. The van der Waals surface area contributed by atoms with Crippen LogP contribution in [0.15, 0.2) is 0 Å². The summed E-state index contributed by atoms with van der Waals surface area (Å²) in [4.78, 5) is 12.4. The Morgan fingerprint density at radius 3 is 2.15 bits per heavy atom. The number of rotatable bonds is 6. The van der Waals surface area contributed by atoms with Gasteiger partial charge in [-0.3, -0.25) is 0 Å². The van der Waals surface area contributed by atoms with Crippen LogP contribution in [0.4, 0.5) is 5.95 Å². The zero-order valence-corrected chi connectivity index (χ0v) is 13.1. The normalized spacial score (nSPS) is 17.6. The van der Waals surface area contributed by atoms with Gasteiger partial charge < -0.3 is 14.8 Å². The molecule has 0 amide bonds. The van der Waals surface area contributed by atoms with Crippen molar-refractivity contribution in [1.82, 2.24) is 15.0 Å². The van der Waals surface area contributed by atoms with Gasteiger partial charge in [-0.25, -0.2) is 0 Å². The van der Waals surface area contributed by atoms with Crippen molar-refractivity contribution in [3.8, 4) is 12.0 Å². The molecular weight excluding hydrogens is 276 g/mol. The van der Waals surface area contributed by atoms with Crippen molar-refractivity contribution >= 4 is 17.7 Å². The van der Waals surface area contributed by atoms with Crippen LogP contribution in [-0.2, 0) is 0 Å². The third-order valence-electron chi connectivity index (χ3n) is 3.73. The Hall–Kier alpha value is -1.24. The van der Waals surface area contributed by atoms with E-state index < -0.39 is 0 Å². The van der Waals surface area contributed by atoms with E-state index in [2.05, 4.69) is 26.5 Å². The van der Waals surface area contributed by atoms with E-state index in [-0.39, 0.29) is 16.8 Å². The van der Waals surface area contributed by atoms with Crippen molar-refractivity contribution in [2.45, 2.75) is 36.9 Å². The van der Waals surface area contributed by atoms with Crippen LogP contribution in [0.2, 0.25) is 0 Å². The van der Waals surface area contributed by atoms with Crippen LogP contribution in [0.3, 0.4) is 0 Å². The topological polar surface area (TPSA) is 69.2 Å². The molecule has 0 saturated heterocycles. The highest BCUT2D eigenvalue weighted by molar-refractivity contribution is 8.00. The average Bonchev–Trinajstić information content (AvgIpc) is 2.53. The summed E-state index contributed by atoms with van der Waals surface area (Å²) < 4.78 is 10.4. The smallest absolute Gasteiger partial charge is 0.324 e. The lowest BCUT2D eigenvalue weighted by Gasteiger charge is -2.35. The molecule has 20 heavy (non-hydrogen) atoms. The molecule has 1 aromatic heterocycles. The molecule has 112 valence electrons. The van der Waals surface area contributed by atoms with Crippen LogP contribution in [0.25, 0.3) is 0 Å². The first-order valence-corrected chi connectivity index (χ1v) is 8.07. The summed E-state index contributed by atoms with van der Waals surface area (Å²) in [7, 11) is 3.06. The molecule has 0 unspecified atom stereocenters. The summed E-state index contributed by atoms with van der Waals surface area (Å²) in [6, 6.07) is 0.530. The van der Waals surface area contributed by atoms with Gasteiger partial charge in [0.05, 0.1) is 14.2 Å². The van der Waals surface area contributed by atoms with E-state index in [1.807, 2.05) is 11.8 Å². The highest BCUT2D eigenvalue weighted by Crippen LogP contribution is 2.38. The predicted octanol–water partition coefficient (Wildman–Crippen LogP) is 2.37. The minimum Gasteiger partial charge on any atom is -0.467 e. The summed E-state index contributed by atoms with van der Waals surface area (Å²) >= 11 is 1.94. The molecule has 1 fully saturated rings. The van der Waals surface area contributed by atoms with Gasteiger partial charge in [0.25, 0.3) is 0 Å². The number of methoxy groups -OCH3 is 2. The van der Waals surface area contributed by atoms with Crippen molar-refractivity contribution in [3.05, 3.63) is 0 Å². The lowest BCUT2D eigenvalue weighted by atomic mass is 9.88. The molecule has 1 aliphatic rings. The molecule has 1 aromatic rings. The van der Waals surface area contributed by atoms with E-state index in [1.54, 1.807) is 0 Å². The van der Waals surface area contributed by atoms with Gasteiger partial charge >= 0.3 is 12.0 Å². The van der Waals surface area contributed by atoms with Crippen molar-refractivity contribution in [3.63, 3.8) is 0 Å². The zero-order chi connectivity index (χ0) is 14.4. The van der Waals surface area contributed by atoms with Gasteiger partial charge in [0, 0.05) is 11.3 Å². The summed E-state index contributed by atoms with van der Waals surface area (Å²) in [5.41, 5.74) is 0. The third-order valence-corrected chi connectivity index (χ3v) is 5.14. The van der Waals surface area contributed by atoms with Crippen LogP contribution in [0, 0.1) is 0 Å². The Labute approximate surface area is 124 Å². The molecule has 0 atom stereocenters. The monoisotopic (exact) mass is 298 g/mol. The fourth-order valence-electron chi connectivity index (χ4n) is 2.49. The Balaban J connectivity index is 2.05. The predicted molar refractivity (Wildman–Crippen MR) is 80.8 cm³/mol. The summed E-state index contributed by atoms with van der Waals surface area (Å²) in [6.07, 6.45) is 8.59. The molecule has 6 nitrogen and oxygen atoms in total. The number of nitrogens with zero attached hydrogens (tertiary/aromatic N) is 3. The SMILES string of the molecule is COc1nc(NCC2(SC)CCCCC2)nc(OC)n1. The van der Waals surface area contributed by atoms with E-state index in [1.165, 1.54) is 46.3 Å². The van der Waals surface area contributed by atoms with E-state index >= 15 is 0 Å². The average molecular weight is 298 g/mol. The van der Waals surface area contributed by atoms with Crippen LogP contribution >= 0.6 is 11.8 Å². The number of nitrogens with one attached hydrogen (secondary N) is 1. The van der Waals surface area contributed by atoms with Crippen LogP contribution < -0.4 is 14.8 Å². The van der Waals surface area contributed by atoms with E-state index in [9.17, 15) is 0 Å². The highest BCUT2D eigenvalue weighted by atomic mass is 32.2. The number of hydrogen-bond donors (Lipinski definition) is 1. The Morgan fingerprint density at radius 1 is 1.05 bits per heavy atom. The molecule has 0 aromatic carbocycles. The maximum Gasteiger partial charge on any atom is 0.324 e. The number of ether oxygens (including phenoxy) is 2. The molecule has 1 saturated carbocycles. The lowest BCUT2D eigenvalue weighted by Crippen LogP contribution is -2.36. The van der Waals surface area contributed by atoms with E-state index in [0.29, 0.717) is 5.95 Å². The molecule has 0 bridgehead atoms. The maximum absolute atomic E-state index is 5.05. The van der Waals surface area contributed by atoms with Crippen LogP contribution in [-0.4, -0.2) is 46.7 Å². The fourth-order valence-corrected chi connectivity index (χ4v) is 3.40. The van der Waals surface area contributed by atoms with Gasteiger partial charge in [-0.15, -0.1) is 4.98 Å². The van der Waals surface area contributed by atoms with Gasteiger partial charge in [0.1, 0.15) is 0 Å². The minimum absolute atomic E-state index is 0.265. The zero-order valence-electron chi connectivity index (χ0n) is 12.3. The molecule has 7 heteroatoms. The molecule has 0 radical (unpaired) electrons. The number of hydrogen-bond acceptors (Lipinski definition) is 7. The second-order valence-corrected chi connectivity index (χ2v) is 6.21. The van der Waals surface area contributed by atoms with Crippen molar-refractivity contribution in [1.29, 1.82) is 0 Å². The minimum atomic E-state index is 0.265. The fraction of sp³-hybridized carbons (Fsp3) is 0.769. The number of aromatic nitrogens is 3. The molecule has 1 heterocycles.